The molecule has 128 valence electrons. The smallest absolute Gasteiger partial charge is 0.267 e. The molecular weight excluding hydrogens is 322 g/mol. The Morgan fingerprint density at radius 3 is 2.88 bits per heavy atom. The highest BCUT2D eigenvalue weighted by atomic mass is 35.5. The van der Waals surface area contributed by atoms with Crippen LogP contribution in [0.4, 0.5) is 0 Å². The van der Waals surface area contributed by atoms with E-state index in [-0.39, 0.29) is 5.91 Å². The van der Waals surface area contributed by atoms with Gasteiger partial charge in [0.2, 0.25) is 0 Å². The van der Waals surface area contributed by atoms with Gasteiger partial charge in [-0.05, 0) is 43.0 Å². The van der Waals surface area contributed by atoms with Crippen molar-refractivity contribution in [2.24, 2.45) is 7.05 Å². The molecule has 0 aliphatic carbocycles. The number of likely N-dealkylation sites (tertiary alicyclic amines) is 1. The molecule has 4 nitrogen and oxygen atoms in total. The van der Waals surface area contributed by atoms with Crippen LogP contribution < -0.4 is 5.32 Å². The molecule has 1 aliphatic rings. The number of amides is 1. The number of aromatic nitrogens is 1. The van der Waals surface area contributed by atoms with Gasteiger partial charge in [0, 0.05) is 32.9 Å². The second-order valence-corrected chi connectivity index (χ2v) is 6.99. The fraction of sp³-hybridized carbons (Fsp3) is 0.421. The van der Waals surface area contributed by atoms with E-state index in [2.05, 4.69) is 41.4 Å². The molecule has 5 heteroatoms. The van der Waals surface area contributed by atoms with Crippen molar-refractivity contribution in [2.75, 3.05) is 26.2 Å². The fourth-order valence-corrected chi connectivity index (χ4v) is 3.75. The Labute approximate surface area is 148 Å². The minimum atomic E-state index is -0.0703. The van der Waals surface area contributed by atoms with Gasteiger partial charge < -0.3 is 14.8 Å². The third-order valence-corrected chi connectivity index (χ3v) is 5.03. The molecule has 0 radical (unpaired) electrons. The van der Waals surface area contributed by atoms with Gasteiger partial charge in [-0.15, -0.1) is 0 Å². The maximum atomic E-state index is 12.2. The lowest BCUT2D eigenvalue weighted by atomic mass is 9.94. The van der Waals surface area contributed by atoms with E-state index < -0.39 is 0 Å². The fourth-order valence-electron chi connectivity index (χ4n) is 3.50. The van der Waals surface area contributed by atoms with E-state index in [0.717, 1.165) is 19.6 Å². The highest BCUT2D eigenvalue weighted by molar-refractivity contribution is 6.31. The van der Waals surface area contributed by atoms with Crippen LogP contribution in [0.25, 0.3) is 0 Å². The van der Waals surface area contributed by atoms with Crippen LogP contribution in [-0.2, 0) is 7.05 Å². The first kappa shape index (κ1) is 17.1. The summed E-state index contributed by atoms with van der Waals surface area (Å²) in [6.45, 7) is 5.87. The lowest BCUT2D eigenvalue weighted by Crippen LogP contribution is -2.34. The number of nitrogens with zero attached hydrogens (tertiary/aromatic N) is 2. The van der Waals surface area contributed by atoms with Crippen molar-refractivity contribution in [3.8, 4) is 0 Å². The number of nitrogens with one attached hydrogen (secondary N) is 1. The Hall–Kier alpha value is -1.78. The molecule has 3 rings (SSSR count). The van der Waals surface area contributed by atoms with Crippen molar-refractivity contribution in [1.29, 1.82) is 0 Å². The predicted octanol–water partition coefficient (Wildman–Crippen LogP) is 3.21. The number of halogens is 1. The average Bonchev–Trinajstić information content (AvgIpc) is 3.14. The standard InChI is InChI=1S/C19H24ClN3O/c1-14-5-3-4-6-17(14)15-7-9-23(12-15)10-8-21-19(24)18-11-16(20)13-22(18)2/h3-6,11,13,15H,7-10,12H2,1-2H3,(H,21,24)/t15-/m0/s1. The molecule has 2 heterocycles. The molecule has 1 atom stereocenters. The molecule has 0 bridgehead atoms. The van der Waals surface area contributed by atoms with Crippen molar-refractivity contribution in [2.45, 2.75) is 19.3 Å². The number of benzene rings is 1. The second-order valence-electron chi connectivity index (χ2n) is 6.55. The summed E-state index contributed by atoms with van der Waals surface area (Å²) in [5.41, 5.74) is 3.43. The van der Waals surface area contributed by atoms with Gasteiger partial charge in [-0.2, -0.15) is 0 Å². The van der Waals surface area contributed by atoms with Gasteiger partial charge in [0.15, 0.2) is 0 Å². The molecule has 1 N–H and O–H groups in total. The van der Waals surface area contributed by atoms with Gasteiger partial charge in [0.05, 0.1) is 5.02 Å². The Bertz CT molecular complexity index is 725. The SMILES string of the molecule is Cc1ccccc1[C@H]1CCN(CCNC(=O)c2cc(Cl)cn2C)C1. The Morgan fingerprint density at radius 2 is 2.17 bits per heavy atom. The molecule has 1 aliphatic heterocycles. The predicted molar refractivity (Wildman–Crippen MR) is 97.7 cm³/mol. The van der Waals surface area contributed by atoms with E-state index in [1.165, 1.54) is 17.5 Å². The van der Waals surface area contributed by atoms with E-state index in [9.17, 15) is 4.79 Å². The average molecular weight is 346 g/mol. The van der Waals surface area contributed by atoms with Gasteiger partial charge in [-0.25, -0.2) is 0 Å². The van der Waals surface area contributed by atoms with Crippen LogP contribution in [0.2, 0.25) is 5.02 Å². The zero-order valence-electron chi connectivity index (χ0n) is 14.3. The van der Waals surface area contributed by atoms with E-state index in [1.807, 2.05) is 7.05 Å². The third-order valence-electron chi connectivity index (χ3n) is 4.82. The van der Waals surface area contributed by atoms with Crippen LogP contribution in [0.15, 0.2) is 36.5 Å². The van der Waals surface area contributed by atoms with Crippen molar-refractivity contribution < 1.29 is 4.79 Å². The maximum absolute atomic E-state index is 12.2. The van der Waals surface area contributed by atoms with Crippen molar-refractivity contribution in [3.05, 3.63) is 58.4 Å². The summed E-state index contributed by atoms with van der Waals surface area (Å²) < 4.78 is 1.75. The van der Waals surface area contributed by atoms with Gasteiger partial charge in [0.1, 0.15) is 5.69 Å². The Kier molecular flexibility index (Phi) is 5.27. The lowest BCUT2D eigenvalue weighted by Gasteiger charge is -2.17. The third kappa shape index (κ3) is 3.82. The first-order chi connectivity index (χ1) is 11.5. The Morgan fingerprint density at radius 1 is 1.38 bits per heavy atom. The molecule has 1 fully saturated rings. The Balaban J connectivity index is 1.47. The van der Waals surface area contributed by atoms with Crippen LogP contribution in [-0.4, -0.2) is 41.6 Å². The van der Waals surface area contributed by atoms with Gasteiger partial charge in [0.25, 0.3) is 5.91 Å². The first-order valence-corrected chi connectivity index (χ1v) is 8.80. The second kappa shape index (κ2) is 7.41. The van der Waals surface area contributed by atoms with Crippen molar-refractivity contribution in [1.82, 2.24) is 14.8 Å². The summed E-state index contributed by atoms with van der Waals surface area (Å²) in [4.78, 5) is 14.6. The van der Waals surface area contributed by atoms with Crippen LogP contribution in [0.1, 0.15) is 34.0 Å². The molecule has 1 amide bonds. The van der Waals surface area contributed by atoms with E-state index >= 15 is 0 Å². The topological polar surface area (TPSA) is 37.3 Å². The van der Waals surface area contributed by atoms with Crippen LogP contribution >= 0.6 is 11.6 Å². The lowest BCUT2D eigenvalue weighted by molar-refractivity contribution is 0.0941. The summed E-state index contributed by atoms with van der Waals surface area (Å²) in [6.07, 6.45) is 2.93. The van der Waals surface area contributed by atoms with Gasteiger partial charge in [-0.3, -0.25) is 4.79 Å². The summed E-state index contributed by atoms with van der Waals surface area (Å²) in [5, 5.41) is 3.57. The largest absolute Gasteiger partial charge is 0.349 e. The van der Waals surface area contributed by atoms with E-state index in [4.69, 9.17) is 11.6 Å². The normalized spacial score (nSPS) is 18.0. The molecule has 24 heavy (non-hydrogen) atoms. The first-order valence-electron chi connectivity index (χ1n) is 8.42. The van der Waals surface area contributed by atoms with Gasteiger partial charge >= 0.3 is 0 Å². The summed E-state index contributed by atoms with van der Waals surface area (Å²) in [5.74, 6) is 0.535. The summed E-state index contributed by atoms with van der Waals surface area (Å²) >= 11 is 5.93. The number of aryl methyl sites for hydroxylation is 2. The molecule has 1 aromatic heterocycles. The number of hydrogen-bond acceptors (Lipinski definition) is 2. The van der Waals surface area contributed by atoms with Crippen molar-refractivity contribution in [3.63, 3.8) is 0 Å². The van der Waals surface area contributed by atoms with Crippen molar-refractivity contribution >= 4 is 17.5 Å². The molecule has 0 spiro atoms. The van der Waals surface area contributed by atoms with Gasteiger partial charge in [-0.1, -0.05) is 35.9 Å². The summed E-state index contributed by atoms with van der Waals surface area (Å²) in [6, 6.07) is 10.3. The molecule has 0 unspecified atom stereocenters. The minimum absolute atomic E-state index is 0.0703. The molecule has 2 aromatic rings. The molecule has 1 aromatic carbocycles. The highest BCUT2D eigenvalue weighted by Crippen LogP contribution is 2.28. The van der Waals surface area contributed by atoms with Crippen LogP contribution in [0.3, 0.4) is 0 Å². The van der Waals surface area contributed by atoms with Crippen LogP contribution in [0.5, 0.6) is 0 Å². The highest BCUT2D eigenvalue weighted by Gasteiger charge is 2.24. The molecule has 1 saturated heterocycles. The monoisotopic (exact) mass is 345 g/mol. The van der Waals surface area contributed by atoms with Crippen LogP contribution in [0, 0.1) is 6.92 Å². The van der Waals surface area contributed by atoms with E-state index in [0.29, 0.717) is 23.2 Å². The number of carbonyl (C=O) groups excluding carboxylic acids is 1. The quantitative estimate of drug-likeness (QED) is 0.903. The van der Waals surface area contributed by atoms with E-state index in [1.54, 1.807) is 16.8 Å². The summed E-state index contributed by atoms with van der Waals surface area (Å²) in [7, 11) is 1.83. The number of carbonyl (C=O) groups is 1. The number of hydrogen-bond donors (Lipinski definition) is 1. The molecular formula is C19H24ClN3O. The zero-order valence-corrected chi connectivity index (χ0v) is 15.0. The minimum Gasteiger partial charge on any atom is -0.349 e. The molecule has 0 saturated carbocycles. The number of rotatable bonds is 5. The maximum Gasteiger partial charge on any atom is 0.267 e. The zero-order chi connectivity index (χ0) is 17.1.